The Kier molecular flexibility index (Phi) is 3.93. The van der Waals surface area contributed by atoms with Gasteiger partial charge in [0.05, 0.1) is 18.4 Å². The van der Waals surface area contributed by atoms with Gasteiger partial charge in [0.15, 0.2) is 0 Å². The molecule has 0 bridgehead atoms. The van der Waals surface area contributed by atoms with E-state index in [1.807, 2.05) is 54.0 Å². The van der Waals surface area contributed by atoms with Gasteiger partial charge in [-0.25, -0.2) is 4.39 Å². The SMILES string of the molecule is Cc1ccc(Cn2cnc(=O)c3sc(-c4ccccc4)cc32)c(F)c1. The van der Waals surface area contributed by atoms with Crippen molar-refractivity contribution >= 4 is 21.6 Å². The summed E-state index contributed by atoms with van der Waals surface area (Å²) in [6.45, 7) is 2.19. The molecular weight excluding hydrogens is 335 g/mol. The van der Waals surface area contributed by atoms with Gasteiger partial charge in [-0.05, 0) is 30.2 Å². The highest BCUT2D eigenvalue weighted by Gasteiger charge is 2.12. The molecule has 124 valence electrons. The van der Waals surface area contributed by atoms with Crippen LogP contribution >= 0.6 is 11.3 Å². The molecule has 0 fully saturated rings. The maximum atomic E-state index is 14.2. The highest BCUT2D eigenvalue weighted by molar-refractivity contribution is 7.22. The molecule has 3 nitrogen and oxygen atoms in total. The number of hydrogen-bond acceptors (Lipinski definition) is 3. The summed E-state index contributed by atoms with van der Waals surface area (Å²) >= 11 is 1.42. The highest BCUT2D eigenvalue weighted by Crippen LogP contribution is 2.31. The van der Waals surface area contributed by atoms with Crippen LogP contribution in [0.5, 0.6) is 0 Å². The summed E-state index contributed by atoms with van der Waals surface area (Å²) in [5, 5.41) is 0. The lowest BCUT2D eigenvalue weighted by Crippen LogP contribution is -2.11. The molecule has 4 aromatic rings. The Bertz CT molecular complexity index is 1120. The average molecular weight is 350 g/mol. The number of nitrogens with zero attached hydrogens (tertiary/aromatic N) is 2. The first-order chi connectivity index (χ1) is 12.1. The van der Waals surface area contributed by atoms with Gasteiger partial charge in [-0.3, -0.25) is 4.79 Å². The Labute approximate surface area is 148 Å². The van der Waals surface area contributed by atoms with Crippen molar-refractivity contribution in [3.63, 3.8) is 0 Å². The Morgan fingerprint density at radius 3 is 2.68 bits per heavy atom. The van der Waals surface area contributed by atoms with E-state index in [-0.39, 0.29) is 11.4 Å². The van der Waals surface area contributed by atoms with Crippen molar-refractivity contribution in [1.29, 1.82) is 0 Å². The van der Waals surface area contributed by atoms with E-state index in [1.54, 1.807) is 6.07 Å². The van der Waals surface area contributed by atoms with E-state index >= 15 is 0 Å². The number of aryl methyl sites for hydroxylation is 1. The lowest BCUT2D eigenvalue weighted by molar-refractivity contribution is 0.599. The minimum atomic E-state index is -0.247. The third-order valence-electron chi connectivity index (χ3n) is 4.14. The molecule has 4 rings (SSSR count). The summed E-state index contributed by atoms with van der Waals surface area (Å²) in [7, 11) is 0. The molecule has 0 spiro atoms. The van der Waals surface area contributed by atoms with E-state index in [1.165, 1.54) is 23.7 Å². The van der Waals surface area contributed by atoms with Gasteiger partial charge in [0.25, 0.3) is 5.56 Å². The predicted molar refractivity (Wildman–Crippen MR) is 99.6 cm³/mol. The summed E-state index contributed by atoms with van der Waals surface area (Å²) in [5.41, 5.74) is 3.04. The Hall–Kier alpha value is -2.79. The first-order valence-electron chi connectivity index (χ1n) is 7.91. The number of thiophene rings is 1. The Morgan fingerprint density at radius 2 is 1.92 bits per heavy atom. The van der Waals surface area contributed by atoms with Crippen molar-refractivity contribution in [3.05, 3.63) is 88.2 Å². The lowest BCUT2D eigenvalue weighted by atomic mass is 10.1. The van der Waals surface area contributed by atoms with Crippen LogP contribution in [0.3, 0.4) is 0 Å². The second-order valence-electron chi connectivity index (χ2n) is 5.96. The van der Waals surface area contributed by atoms with Crippen LogP contribution in [-0.2, 0) is 6.54 Å². The van der Waals surface area contributed by atoms with Gasteiger partial charge in [-0.15, -0.1) is 11.3 Å². The Balaban J connectivity index is 1.83. The monoisotopic (exact) mass is 350 g/mol. The molecule has 2 aromatic carbocycles. The molecule has 0 aliphatic heterocycles. The second kappa shape index (κ2) is 6.26. The zero-order valence-corrected chi connectivity index (χ0v) is 14.4. The molecule has 0 saturated heterocycles. The van der Waals surface area contributed by atoms with E-state index in [4.69, 9.17) is 0 Å². The topological polar surface area (TPSA) is 34.9 Å². The Morgan fingerprint density at radius 1 is 1.12 bits per heavy atom. The van der Waals surface area contributed by atoms with Gasteiger partial charge < -0.3 is 4.57 Å². The summed E-state index contributed by atoms with van der Waals surface area (Å²) in [6, 6.07) is 17.1. The molecule has 0 atom stereocenters. The standard InChI is InChI=1S/C20H15FN2OS/c1-13-7-8-15(16(21)9-13)11-23-12-22-20(24)19-17(23)10-18(25-19)14-5-3-2-4-6-14/h2-10,12H,11H2,1H3. The van der Waals surface area contributed by atoms with Crippen LogP contribution in [0.2, 0.25) is 0 Å². The van der Waals surface area contributed by atoms with Crippen molar-refractivity contribution in [2.45, 2.75) is 13.5 Å². The van der Waals surface area contributed by atoms with E-state index in [9.17, 15) is 9.18 Å². The van der Waals surface area contributed by atoms with Gasteiger partial charge in [0, 0.05) is 10.4 Å². The summed E-state index contributed by atoms with van der Waals surface area (Å²) in [5.74, 6) is -0.245. The molecular formula is C20H15FN2OS. The summed E-state index contributed by atoms with van der Waals surface area (Å²) in [4.78, 5) is 17.1. The average Bonchev–Trinajstić information content (AvgIpc) is 3.07. The molecule has 5 heteroatoms. The quantitative estimate of drug-likeness (QED) is 0.540. The summed E-state index contributed by atoms with van der Waals surface area (Å²) < 4.78 is 16.6. The second-order valence-corrected chi connectivity index (χ2v) is 7.02. The van der Waals surface area contributed by atoms with Gasteiger partial charge in [0.1, 0.15) is 10.5 Å². The molecule has 0 unspecified atom stereocenters. The van der Waals surface area contributed by atoms with E-state index < -0.39 is 0 Å². The first-order valence-corrected chi connectivity index (χ1v) is 8.73. The third-order valence-corrected chi connectivity index (χ3v) is 5.30. The van der Waals surface area contributed by atoms with Gasteiger partial charge in [-0.2, -0.15) is 4.98 Å². The third kappa shape index (κ3) is 2.98. The summed E-state index contributed by atoms with van der Waals surface area (Å²) in [6.07, 6.45) is 1.49. The smallest absolute Gasteiger partial charge is 0.290 e. The molecule has 25 heavy (non-hydrogen) atoms. The van der Waals surface area contributed by atoms with E-state index in [0.29, 0.717) is 16.8 Å². The van der Waals surface area contributed by atoms with Gasteiger partial charge >= 0.3 is 0 Å². The van der Waals surface area contributed by atoms with Gasteiger partial charge in [0.2, 0.25) is 0 Å². The number of halogens is 1. The molecule has 0 saturated carbocycles. The largest absolute Gasteiger partial charge is 0.326 e. The normalized spacial score (nSPS) is 11.1. The van der Waals surface area contributed by atoms with Crippen molar-refractivity contribution in [2.24, 2.45) is 0 Å². The van der Waals surface area contributed by atoms with Crippen LogP contribution in [0, 0.1) is 12.7 Å². The number of benzene rings is 2. The van der Waals surface area contributed by atoms with E-state index in [0.717, 1.165) is 21.5 Å². The van der Waals surface area contributed by atoms with E-state index in [2.05, 4.69) is 4.98 Å². The van der Waals surface area contributed by atoms with Crippen LogP contribution in [-0.4, -0.2) is 9.55 Å². The van der Waals surface area contributed by atoms with Crippen LogP contribution in [0.1, 0.15) is 11.1 Å². The lowest BCUT2D eigenvalue weighted by Gasteiger charge is -2.09. The maximum Gasteiger partial charge on any atom is 0.290 e. The molecule has 2 heterocycles. The number of hydrogen-bond donors (Lipinski definition) is 0. The van der Waals surface area contributed by atoms with Crippen molar-refractivity contribution < 1.29 is 4.39 Å². The number of aromatic nitrogens is 2. The first kappa shape index (κ1) is 15.7. The molecule has 2 aromatic heterocycles. The number of fused-ring (bicyclic) bond motifs is 1. The molecule has 0 aliphatic rings. The fourth-order valence-corrected chi connectivity index (χ4v) is 3.89. The fraction of sp³-hybridized carbons (Fsp3) is 0.100. The minimum Gasteiger partial charge on any atom is -0.326 e. The van der Waals surface area contributed by atoms with Crippen molar-refractivity contribution in [3.8, 4) is 10.4 Å². The van der Waals surface area contributed by atoms with Crippen LogP contribution < -0.4 is 5.56 Å². The fourth-order valence-electron chi connectivity index (χ4n) is 2.83. The molecule has 0 aliphatic carbocycles. The van der Waals surface area contributed by atoms with Crippen LogP contribution in [0.25, 0.3) is 20.7 Å². The molecule has 0 amide bonds. The maximum absolute atomic E-state index is 14.2. The number of rotatable bonds is 3. The predicted octanol–water partition coefficient (Wildman–Crippen LogP) is 4.62. The van der Waals surface area contributed by atoms with Crippen molar-refractivity contribution in [1.82, 2.24) is 9.55 Å². The minimum absolute atomic E-state index is 0.245. The molecule has 0 radical (unpaired) electrons. The highest BCUT2D eigenvalue weighted by atomic mass is 32.1. The zero-order chi connectivity index (χ0) is 17.4. The van der Waals surface area contributed by atoms with Crippen molar-refractivity contribution in [2.75, 3.05) is 0 Å². The van der Waals surface area contributed by atoms with Crippen LogP contribution in [0.4, 0.5) is 4.39 Å². The molecule has 0 N–H and O–H groups in total. The van der Waals surface area contributed by atoms with Crippen LogP contribution in [0.15, 0.2) is 65.7 Å². The zero-order valence-electron chi connectivity index (χ0n) is 13.6. The van der Waals surface area contributed by atoms with Gasteiger partial charge in [-0.1, -0.05) is 42.5 Å².